The zero-order valence-electron chi connectivity index (χ0n) is 7.78. The minimum absolute atomic E-state index is 0.466. The smallest absolute Gasteiger partial charge is 0.0478 e. The van der Waals surface area contributed by atoms with E-state index >= 15 is 0 Å². The van der Waals surface area contributed by atoms with Gasteiger partial charge >= 0.3 is 0 Å². The maximum Gasteiger partial charge on any atom is 0.0478 e. The van der Waals surface area contributed by atoms with E-state index < -0.39 is 0 Å². The summed E-state index contributed by atoms with van der Waals surface area (Å²) in [5.41, 5.74) is 7.20. The molecule has 0 bridgehead atoms. The Morgan fingerprint density at radius 3 is 2.77 bits per heavy atom. The molecule has 1 saturated heterocycles. The molecule has 1 aliphatic heterocycles. The normalized spacial score (nSPS) is 20.7. The van der Waals surface area contributed by atoms with E-state index in [1.54, 1.807) is 11.3 Å². The SMILES string of the molecule is NCC(c1ccsc1)N1CCCC1. The van der Waals surface area contributed by atoms with Crippen LogP contribution in [0.25, 0.3) is 0 Å². The predicted molar refractivity (Wildman–Crippen MR) is 56.9 cm³/mol. The molecule has 1 fully saturated rings. The molecule has 1 aliphatic rings. The number of likely N-dealkylation sites (tertiary alicyclic amines) is 1. The first-order valence-electron chi connectivity index (χ1n) is 4.88. The third-order valence-corrected chi connectivity index (χ3v) is 3.43. The van der Waals surface area contributed by atoms with Crippen molar-refractivity contribution in [2.45, 2.75) is 18.9 Å². The van der Waals surface area contributed by atoms with Crippen LogP contribution in [-0.2, 0) is 0 Å². The molecular weight excluding hydrogens is 180 g/mol. The lowest BCUT2D eigenvalue weighted by Crippen LogP contribution is -2.30. The van der Waals surface area contributed by atoms with Gasteiger partial charge in [-0.15, -0.1) is 0 Å². The van der Waals surface area contributed by atoms with E-state index in [-0.39, 0.29) is 0 Å². The van der Waals surface area contributed by atoms with Gasteiger partial charge < -0.3 is 5.73 Å². The van der Waals surface area contributed by atoms with Crippen LogP contribution in [0.15, 0.2) is 16.8 Å². The summed E-state index contributed by atoms with van der Waals surface area (Å²) in [5, 5.41) is 4.35. The highest BCUT2D eigenvalue weighted by atomic mass is 32.1. The van der Waals surface area contributed by atoms with Crippen molar-refractivity contribution in [1.82, 2.24) is 4.90 Å². The molecular formula is C10H16N2S. The van der Waals surface area contributed by atoms with Crippen molar-refractivity contribution in [3.63, 3.8) is 0 Å². The molecule has 2 nitrogen and oxygen atoms in total. The molecule has 13 heavy (non-hydrogen) atoms. The standard InChI is InChI=1S/C10H16N2S/c11-7-10(9-3-6-13-8-9)12-4-1-2-5-12/h3,6,8,10H,1-2,4-5,7,11H2. The van der Waals surface area contributed by atoms with Crippen LogP contribution in [0.4, 0.5) is 0 Å². The van der Waals surface area contributed by atoms with Crippen LogP contribution in [0.3, 0.4) is 0 Å². The molecule has 1 aromatic heterocycles. The number of nitrogens with zero attached hydrogens (tertiary/aromatic N) is 1. The van der Waals surface area contributed by atoms with Gasteiger partial charge in [-0.1, -0.05) is 0 Å². The van der Waals surface area contributed by atoms with Gasteiger partial charge in [0.15, 0.2) is 0 Å². The van der Waals surface area contributed by atoms with Gasteiger partial charge in [-0.05, 0) is 48.3 Å². The van der Waals surface area contributed by atoms with E-state index in [0.29, 0.717) is 6.04 Å². The van der Waals surface area contributed by atoms with Gasteiger partial charge in [0.05, 0.1) is 0 Å². The van der Waals surface area contributed by atoms with Gasteiger partial charge in [0, 0.05) is 12.6 Å². The Balaban J connectivity index is 2.08. The molecule has 0 amide bonds. The Morgan fingerprint density at radius 2 is 2.23 bits per heavy atom. The van der Waals surface area contributed by atoms with Crippen LogP contribution in [0.2, 0.25) is 0 Å². The number of hydrogen-bond acceptors (Lipinski definition) is 3. The second-order valence-corrected chi connectivity index (χ2v) is 4.33. The van der Waals surface area contributed by atoms with Crippen LogP contribution >= 0.6 is 11.3 Å². The maximum absolute atomic E-state index is 5.81. The first kappa shape index (κ1) is 9.19. The number of nitrogens with two attached hydrogens (primary N) is 1. The van der Waals surface area contributed by atoms with Crippen LogP contribution < -0.4 is 5.73 Å². The van der Waals surface area contributed by atoms with Gasteiger partial charge in [0.2, 0.25) is 0 Å². The van der Waals surface area contributed by atoms with Crippen molar-refractivity contribution in [1.29, 1.82) is 0 Å². The molecule has 72 valence electrons. The lowest BCUT2D eigenvalue weighted by atomic mass is 10.1. The van der Waals surface area contributed by atoms with Gasteiger partial charge in [-0.25, -0.2) is 0 Å². The summed E-state index contributed by atoms with van der Waals surface area (Å²) >= 11 is 1.76. The first-order valence-corrected chi connectivity index (χ1v) is 5.82. The summed E-state index contributed by atoms with van der Waals surface area (Å²) in [6.45, 7) is 3.19. The zero-order chi connectivity index (χ0) is 9.10. The summed E-state index contributed by atoms with van der Waals surface area (Å²) in [7, 11) is 0. The molecule has 0 aliphatic carbocycles. The highest BCUT2D eigenvalue weighted by Crippen LogP contribution is 2.25. The third kappa shape index (κ3) is 1.93. The van der Waals surface area contributed by atoms with Crippen LogP contribution in [0.1, 0.15) is 24.4 Å². The van der Waals surface area contributed by atoms with Crippen molar-refractivity contribution in [3.8, 4) is 0 Å². The quantitative estimate of drug-likeness (QED) is 0.799. The zero-order valence-corrected chi connectivity index (χ0v) is 8.59. The lowest BCUT2D eigenvalue weighted by molar-refractivity contribution is 0.252. The fourth-order valence-corrected chi connectivity index (χ4v) is 2.72. The fraction of sp³-hybridized carbons (Fsp3) is 0.600. The molecule has 2 N–H and O–H groups in total. The summed E-state index contributed by atoms with van der Waals surface area (Å²) in [6, 6.07) is 2.66. The van der Waals surface area contributed by atoms with Crippen LogP contribution in [0, 0.1) is 0 Å². The van der Waals surface area contributed by atoms with E-state index in [0.717, 1.165) is 6.54 Å². The summed E-state index contributed by atoms with van der Waals surface area (Å²) in [5.74, 6) is 0. The van der Waals surface area contributed by atoms with E-state index in [2.05, 4.69) is 21.7 Å². The van der Waals surface area contributed by atoms with E-state index in [4.69, 9.17) is 5.73 Å². The molecule has 2 rings (SSSR count). The molecule has 1 atom stereocenters. The minimum atomic E-state index is 0.466. The maximum atomic E-state index is 5.81. The average Bonchev–Trinajstić information content (AvgIpc) is 2.76. The summed E-state index contributed by atoms with van der Waals surface area (Å²) in [4.78, 5) is 2.50. The Hall–Kier alpha value is -0.380. The van der Waals surface area contributed by atoms with Crippen LogP contribution in [0.5, 0.6) is 0 Å². The highest BCUT2D eigenvalue weighted by molar-refractivity contribution is 7.07. The molecule has 3 heteroatoms. The first-order chi connectivity index (χ1) is 6.42. The van der Waals surface area contributed by atoms with Crippen molar-refractivity contribution in [2.75, 3.05) is 19.6 Å². The summed E-state index contributed by atoms with van der Waals surface area (Å²) in [6.07, 6.45) is 2.67. The average molecular weight is 196 g/mol. The number of thiophene rings is 1. The van der Waals surface area contributed by atoms with Crippen molar-refractivity contribution >= 4 is 11.3 Å². The van der Waals surface area contributed by atoms with Crippen molar-refractivity contribution in [2.24, 2.45) is 5.73 Å². The molecule has 2 heterocycles. The molecule has 1 aromatic rings. The second-order valence-electron chi connectivity index (χ2n) is 3.55. The number of rotatable bonds is 3. The Kier molecular flexibility index (Phi) is 2.98. The Labute approximate surface area is 83.4 Å². The minimum Gasteiger partial charge on any atom is -0.329 e. The van der Waals surface area contributed by atoms with Gasteiger partial charge in [0.1, 0.15) is 0 Å². The van der Waals surface area contributed by atoms with E-state index in [1.807, 2.05) is 0 Å². The van der Waals surface area contributed by atoms with E-state index in [1.165, 1.54) is 31.5 Å². The molecule has 1 unspecified atom stereocenters. The number of hydrogen-bond donors (Lipinski definition) is 1. The Morgan fingerprint density at radius 1 is 1.46 bits per heavy atom. The molecule has 0 radical (unpaired) electrons. The highest BCUT2D eigenvalue weighted by Gasteiger charge is 2.21. The van der Waals surface area contributed by atoms with Gasteiger partial charge in [-0.3, -0.25) is 4.90 Å². The third-order valence-electron chi connectivity index (χ3n) is 2.73. The predicted octanol–water partition coefficient (Wildman–Crippen LogP) is 1.84. The molecule has 0 aromatic carbocycles. The van der Waals surface area contributed by atoms with Gasteiger partial charge in [-0.2, -0.15) is 11.3 Å². The van der Waals surface area contributed by atoms with E-state index in [9.17, 15) is 0 Å². The topological polar surface area (TPSA) is 29.3 Å². The fourth-order valence-electron chi connectivity index (χ4n) is 2.01. The van der Waals surface area contributed by atoms with Crippen molar-refractivity contribution < 1.29 is 0 Å². The van der Waals surface area contributed by atoms with Crippen LogP contribution in [-0.4, -0.2) is 24.5 Å². The lowest BCUT2D eigenvalue weighted by Gasteiger charge is -2.25. The van der Waals surface area contributed by atoms with Crippen molar-refractivity contribution in [3.05, 3.63) is 22.4 Å². The monoisotopic (exact) mass is 196 g/mol. The summed E-state index contributed by atoms with van der Waals surface area (Å²) < 4.78 is 0. The largest absolute Gasteiger partial charge is 0.329 e. The molecule has 0 saturated carbocycles. The van der Waals surface area contributed by atoms with Gasteiger partial charge in [0.25, 0.3) is 0 Å². The second kappa shape index (κ2) is 4.22. The molecule has 0 spiro atoms. The Bertz CT molecular complexity index is 239.